The monoisotopic (exact) mass is 315 g/mol. The molecular formula is C19H25NOS. The summed E-state index contributed by atoms with van der Waals surface area (Å²) in [4.78, 5) is 0.877. The van der Waals surface area contributed by atoms with Crippen LogP contribution in [-0.2, 0) is 17.3 Å². The van der Waals surface area contributed by atoms with Crippen molar-refractivity contribution in [1.29, 1.82) is 0 Å². The van der Waals surface area contributed by atoms with E-state index in [0.717, 1.165) is 11.4 Å². The van der Waals surface area contributed by atoms with Crippen molar-refractivity contribution in [3.05, 3.63) is 64.2 Å². The summed E-state index contributed by atoms with van der Waals surface area (Å²) in [6.07, 6.45) is 1.71. The SMILES string of the molecule is Cc1cc(C)c([C@H](C)NCc2ccc([S@](C)=O)cc2)c(C)c1. The maximum atomic E-state index is 11.4. The van der Waals surface area contributed by atoms with Crippen LogP contribution >= 0.6 is 0 Å². The van der Waals surface area contributed by atoms with Gasteiger partial charge in [-0.15, -0.1) is 0 Å². The van der Waals surface area contributed by atoms with Crippen molar-refractivity contribution in [2.24, 2.45) is 0 Å². The predicted molar refractivity (Wildman–Crippen MR) is 94.7 cm³/mol. The second-order valence-corrected chi connectivity index (χ2v) is 7.39. The molecule has 0 saturated carbocycles. The molecule has 0 aliphatic rings. The Labute approximate surface area is 136 Å². The number of nitrogens with one attached hydrogen (secondary N) is 1. The van der Waals surface area contributed by atoms with Crippen molar-refractivity contribution in [1.82, 2.24) is 5.32 Å². The first-order chi connectivity index (χ1) is 10.4. The normalized spacial score (nSPS) is 13.9. The number of hydrogen-bond acceptors (Lipinski definition) is 2. The van der Waals surface area contributed by atoms with Gasteiger partial charge in [-0.1, -0.05) is 29.8 Å². The lowest BCUT2D eigenvalue weighted by Crippen LogP contribution is -2.20. The summed E-state index contributed by atoms with van der Waals surface area (Å²) in [5.74, 6) is 0. The predicted octanol–water partition coefficient (Wildman–Crippen LogP) is 4.20. The van der Waals surface area contributed by atoms with Crippen LogP contribution in [0.25, 0.3) is 0 Å². The smallest absolute Gasteiger partial charge is 0.0498 e. The highest BCUT2D eigenvalue weighted by Crippen LogP contribution is 2.23. The van der Waals surface area contributed by atoms with Gasteiger partial charge in [0, 0.05) is 34.5 Å². The summed E-state index contributed by atoms with van der Waals surface area (Å²) < 4.78 is 11.4. The number of rotatable bonds is 5. The van der Waals surface area contributed by atoms with Gasteiger partial charge in [0.1, 0.15) is 0 Å². The lowest BCUT2D eigenvalue weighted by molar-refractivity contribution is 0.569. The van der Waals surface area contributed by atoms with Gasteiger partial charge < -0.3 is 5.32 Å². The third-order valence-electron chi connectivity index (χ3n) is 4.04. The van der Waals surface area contributed by atoms with E-state index in [1.165, 1.54) is 27.8 Å². The van der Waals surface area contributed by atoms with Gasteiger partial charge >= 0.3 is 0 Å². The molecule has 118 valence electrons. The average molecular weight is 315 g/mol. The fourth-order valence-electron chi connectivity index (χ4n) is 3.05. The molecule has 0 aliphatic heterocycles. The van der Waals surface area contributed by atoms with E-state index in [0.29, 0.717) is 6.04 Å². The van der Waals surface area contributed by atoms with Gasteiger partial charge in [0.25, 0.3) is 0 Å². The molecule has 0 saturated heterocycles. The Kier molecular flexibility index (Phi) is 5.54. The second-order valence-electron chi connectivity index (χ2n) is 6.01. The maximum Gasteiger partial charge on any atom is 0.0498 e. The van der Waals surface area contributed by atoms with Crippen molar-refractivity contribution in [3.63, 3.8) is 0 Å². The zero-order chi connectivity index (χ0) is 16.3. The third kappa shape index (κ3) is 4.05. The maximum absolute atomic E-state index is 11.4. The van der Waals surface area contributed by atoms with E-state index in [1.807, 2.05) is 24.3 Å². The molecule has 2 rings (SSSR count). The summed E-state index contributed by atoms with van der Waals surface area (Å²) in [6.45, 7) is 9.52. The molecule has 0 radical (unpaired) electrons. The van der Waals surface area contributed by atoms with E-state index in [-0.39, 0.29) is 0 Å². The Balaban J connectivity index is 2.07. The summed E-state index contributed by atoms with van der Waals surface area (Å²) in [6, 6.07) is 12.8. The van der Waals surface area contributed by atoms with Crippen molar-refractivity contribution >= 4 is 10.8 Å². The lowest BCUT2D eigenvalue weighted by atomic mass is 9.95. The van der Waals surface area contributed by atoms with Crippen LogP contribution in [0.5, 0.6) is 0 Å². The van der Waals surface area contributed by atoms with E-state index in [2.05, 4.69) is 45.1 Å². The average Bonchev–Trinajstić information content (AvgIpc) is 2.44. The van der Waals surface area contributed by atoms with Crippen LogP contribution in [0.2, 0.25) is 0 Å². The van der Waals surface area contributed by atoms with E-state index in [4.69, 9.17) is 0 Å². The van der Waals surface area contributed by atoms with Gasteiger partial charge in [-0.05, 0) is 62.1 Å². The Bertz CT molecular complexity index is 653. The molecule has 0 aromatic heterocycles. The van der Waals surface area contributed by atoms with Crippen molar-refractivity contribution < 1.29 is 4.21 Å². The topological polar surface area (TPSA) is 29.1 Å². The highest BCUT2D eigenvalue weighted by atomic mass is 32.2. The number of benzene rings is 2. The third-order valence-corrected chi connectivity index (χ3v) is 4.97. The molecule has 0 spiro atoms. The van der Waals surface area contributed by atoms with Gasteiger partial charge in [0.15, 0.2) is 0 Å². The Morgan fingerprint density at radius 2 is 1.59 bits per heavy atom. The summed E-state index contributed by atoms with van der Waals surface area (Å²) in [7, 11) is -0.909. The highest BCUT2D eigenvalue weighted by Gasteiger charge is 2.11. The largest absolute Gasteiger partial charge is 0.306 e. The van der Waals surface area contributed by atoms with E-state index < -0.39 is 10.8 Å². The number of hydrogen-bond donors (Lipinski definition) is 1. The quantitative estimate of drug-likeness (QED) is 0.896. The first kappa shape index (κ1) is 16.9. The van der Waals surface area contributed by atoms with Crippen molar-refractivity contribution in [2.45, 2.75) is 45.2 Å². The first-order valence-electron chi connectivity index (χ1n) is 7.62. The van der Waals surface area contributed by atoms with Crippen LogP contribution in [-0.4, -0.2) is 10.5 Å². The Hall–Kier alpha value is -1.45. The van der Waals surface area contributed by atoms with E-state index in [9.17, 15) is 4.21 Å². The van der Waals surface area contributed by atoms with Crippen LogP contribution in [0, 0.1) is 20.8 Å². The zero-order valence-corrected chi connectivity index (χ0v) is 14.9. The van der Waals surface area contributed by atoms with Gasteiger partial charge in [0.2, 0.25) is 0 Å². The molecule has 1 N–H and O–H groups in total. The van der Waals surface area contributed by atoms with Crippen LogP contribution in [0.4, 0.5) is 0 Å². The van der Waals surface area contributed by atoms with Crippen LogP contribution in [0.15, 0.2) is 41.3 Å². The summed E-state index contributed by atoms with van der Waals surface area (Å²) in [5.41, 5.74) is 6.60. The molecule has 22 heavy (non-hydrogen) atoms. The van der Waals surface area contributed by atoms with Gasteiger partial charge in [-0.3, -0.25) is 4.21 Å². The molecule has 2 aromatic carbocycles. The van der Waals surface area contributed by atoms with Gasteiger partial charge in [-0.25, -0.2) is 0 Å². The molecule has 2 atom stereocenters. The van der Waals surface area contributed by atoms with Crippen molar-refractivity contribution in [3.8, 4) is 0 Å². The Morgan fingerprint density at radius 3 is 2.09 bits per heavy atom. The summed E-state index contributed by atoms with van der Waals surface area (Å²) >= 11 is 0. The molecule has 0 aliphatic carbocycles. The number of aryl methyl sites for hydroxylation is 3. The second kappa shape index (κ2) is 7.21. The molecule has 2 nitrogen and oxygen atoms in total. The molecule has 0 fully saturated rings. The minimum atomic E-state index is -0.909. The summed E-state index contributed by atoms with van der Waals surface area (Å²) in [5, 5.41) is 3.59. The molecule has 0 unspecified atom stereocenters. The molecule has 0 amide bonds. The standard InChI is InChI=1S/C19H25NOS/c1-13-10-14(2)19(15(3)11-13)16(4)20-12-17-6-8-18(9-7-17)22(5)21/h6-11,16,20H,12H2,1-5H3/t16-,22-/m0/s1. The fraction of sp³-hybridized carbons (Fsp3) is 0.368. The van der Waals surface area contributed by atoms with Crippen LogP contribution in [0.1, 0.15) is 40.8 Å². The first-order valence-corrected chi connectivity index (χ1v) is 9.17. The van der Waals surface area contributed by atoms with E-state index in [1.54, 1.807) is 6.26 Å². The zero-order valence-electron chi connectivity index (χ0n) is 14.1. The molecule has 3 heteroatoms. The van der Waals surface area contributed by atoms with E-state index >= 15 is 0 Å². The van der Waals surface area contributed by atoms with Crippen LogP contribution < -0.4 is 5.32 Å². The lowest BCUT2D eigenvalue weighted by Gasteiger charge is -2.20. The van der Waals surface area contributed by atoms with Gasteiger partial charge in [0.05, 0.1) is 0 Å². The molecular weight excluding hydrogens is 290 g/mol. The van der Waals surface area contributed by atoms with Crippen molar-refractivity contribution in [2.75, 3.05) is 6.26 Å². The van der Waals surface area contributed by atoms with Gasteiger partial charge in [-0.2, -0.15) is 0 Å². The van der Waals surface area contributed by atoms with Crippen LogP contribution in [0.3, 0.4) is 0 Å². The minimum Gasteiger partial charge on any atom is -0.306 e. The molecule has 0 bridgehead atoms. The Morgan fingerprint density at radius 1 is 1.05 bits per heavy atom. The highest BCUT2D eigenvalue weighted by molar-refractivity contribution is 7.84. The molecule has 0 heterocycles. The molecule has 2 aromatic rings. The fourth-order valence-corrected chi connectivity index (χ4v) is 3.57. The minimum absolute atomic E-state index is 0.306.